The van der Waals surface area contributed by atoms with E-state index in [0.717, 1.165) is 41.0 Å². The third kappa shape index (κ3) is 4.77. The smallest absolute Gasteiger partial charge is 0.193 e. The number of fused-ring (bicyclic) bond motifs is 1. The first-order valence-electron chi connectivity index (χ1n) is 7.14. The molecule has 3 rings (SSSR count). The van der Waals surface area contributed by atoms with Crippen LogP contribution in [-0.2, 0) is 13.0 Å². The highest BCUT2D eigenvalue weighted by Crippen LogP contribution is 2.24. The molecule has 6 nitrogen and oxygen atoms in total. The Morgan fingerprint density at radius 3 is 3.17 bits per heavy atom. The van der Waals surface area contributed by atoms with E-state index >= 15 is 0 Å². The number of guanidine groups is 1. The van der Waals surface area contributed by atoms with Gasteiger partial charge in [-0.3, -0.25) is 4.99 Å². The standard InChI is InChI=1S/C15H19N5OS.HI/c1-21-13-4-2-3-11(9-13)18-14(16)17-6-5-12-10-20-7-8-22-15(20)19-12;/h2-4,9-10H,5-8H2,1H3,(H3,16,17,18);1H. The molecular formula is C15H20IN5OS. The number of imidazole rings is 1. The van der Waals surface area contributed by atoms with Gasteiger partial charge in [0, 0.05) is 43.2 Å². The molecule has 2 aromatic rings. The van der Waals surface area contributed by atoms with Crippen molar-refractivity contribution >= 4 is 47.4 Å². The van der Waals surface area contributed by atoms with Gasteiger partial charge in [-0.1, -0.05) is 17.8 Å². The number of halogens is 1. The summed E-state index contributed by atoms with van der Waals surface area (Å²) in [7, 11) is 1.64. The SMILES string of the molecule is COc1cccc(NC(N)=NCCc2cn3c(n2)SCC3)c1.I. The molecule has 0 aliphatic carbocycles. The molecule has 1 aliphatic heterocycles. The van der Waals surface area contributed by atoms with Crippen LogP contribution in [-0.4, -0.2) is 34.9 Å². The van der Waals surface area contributed by atoms with Gasteiger partial charge in [-0.05, 0) is 12.1 Å². The Hall–Kier alpha value is -1.42. The highest BCUT2D eigenvalue weighted by Gasteiger charge is 2.13. The summed E-state index contributed by atoms with van der Waals surface area (Å²) in [4.78, 5) is 8.91. The molecule has 0 bridgehead atoms. The lowest BCUT2D eigenvalue weighted by molar-refractivity contribution is 0.415. The highest BCUT2D eigenvalue weighted by atomic mass is 127. The first-order chi connectivity index (χ1) is 10.7. The third-order valence-corrected chi connectivity index (χ3v) is 4.32. The summed E-state index contributed by atoms with van der Waals surface area (Å²) in [5.41, 5.74) is 7.83. The summed E-state index contributed by atoms with van der Waals surface area (Å²) < 4.78 is 7.37. The fourth-order valence-electron chi connectivity index (χ4n) is 2.26. The van der Waals surface area contributed by atoms with Crippen molar-refractivity contribution < 1.29 is 4.74 Å². The lowest BCUT2D eigenvalue weighted by atomic mass is 10.3. The van der Waals surface area contributed by atoms with Gasteiger partial charge in [0.2, 0.25) is 0 Å². The van der Waals surface area contributed by atoms with Crippen molar-refractivity contribution in [1.82, 2.24) is 9.55 Å². The molecule has 0 saturated heterocycles. The number of aromatic nitrogens is 2. The summed E-state index contributed by atoms with van der Waals surface area (Å²) in [6, 6.07) is 7.58. The minimum absolute atomic E-state index is 0. The summed E-state index contributed by atoms with van der Waals surface area (Å²) in [5, 5.41) is 4.17. The number of aryl methyl sites for hydroxylation is 1. The van der Waals surface area contributed by atoms with Crippen LogP contribution in [0.4, 0.5) is 5.69 Å². The highest BCUT2D eigenvalue weighted by molar-refractivity contribution is 14.0. The summed E-state index contributed by atoms with van der Waals surface area (Å²) in [6.45, 7) is 1.67. The number of hydrogen-bond donors (Lipinski definition) is 2. The normalized spacial score (nSPS) is 13.3. The van der Waals surface area contributed by atoms with Crippen LogP contribution in [0.2, 0.25) is 0 Å². The number of rotatable bonds is 5. The maximum absolute atomic E-state index is 5.90. The van der Waals surface area contributed by atoms with Crippen molar-refractivity contribution in [3.63, 3.8) is 0 Å². The topological polar surface area (TPSA) is 77.5 Å². The second kappa shape index (κ2) is 8.44. The molecule has 1 aliphatic rings. The minimum atomic E-state index is 0. The van der Waals surface area contributed by atoms with Crippen LogP contribution >= 0.6 is 35.7 Å². The molecule has 1 aromatic carbocycles. The quantitative estimate of drug-likeness (QED) is 0.421. The van der Waals surface area contributed by atoms with E-state index in [1.165, 1.54) is 0 Å². The number of nitrogens with zero attached hydrogens (tertiary/aromatic N) is 3. The number of anilines is 1. The lowest BCUT2D eigenvalue weighted by Gasteiger charge is -2.07. The Kier molecular flexibility index (Phi) is 6.58. The van der Waals surface area contributed by atoms with E-state index in [9.17, 15) is 0 Å². The summed E-state index contributed by atoms with van der Waals surface area (Å²) in [6.07, 6.45) is 2.90. The number of nitrogens with two attached hydrogens (primary N) is 1. The average molecular weight is 445 g/mol. The van der Waals surface area contributed by atoms with Gasteiger partial charge in [0.05, 0.1) is 12.8 Å². The Labute approximate surface area is 156 Å². The number of nitrogens with one attached hydrogen (secondary N) is 1. The van der Waals surface area contributed by atoms with Crippen LogP contribution in [0.3, 0.4) is 0 Å². The van der Waals surface area contributed by atoms with E-state index in [1.807, 2.05) is 24.3 Å². The zero-order chi connectivity index (χ0) is 15.4. The van der Waals surface area contributed by atoms with Crippen molar-refractivity contribution in [2.24, 2.45) is 10.7 Å². The van der Waals surface area contributed by atoms with Crippen LogP contribution < -0.4 is 15.8 Å². The minimum Gasteiger partial charge on any atom is -0.497 e. The molecule has 0 unspecified atom stereocenters. The van der Waals surface area contributed by atoms with Crippen molar-refractivity contribution in [1.29, 1.82) is 0 Å². The van der Waals surface area contributed by atoms with Crippen molar-refractivity contribution in [3.05, 3.63) is 36.2 Å². The second-order valence-electron chi connectivity index (χ2n) is 4.93. The van der Waals surface area contributed by atoms with Crippen molar-refractivity contribution in [2.75, 3.05) is 24.7 Å². The molecule has 0 fully saturated rings. The van der Waals surface area contributed by atoms with E-state index < -0.39 is 0 Å². The van der Waals surface area contributed by atoms with Crippen LogP contribution in [0.1, 0.15) is 5.69 Å². The van der Waals surface area contributed by atoms with Crippen LogP contribution in [0.25, 0.3) is 0 Å². The van der Waals surface area contributed by atoms with Crippen LogP contribution in [0.5, 0.6) is 5.75 Å². The fourth-order valence-corrected chi connectivity index (χ4v) is 3.22. The summed E-state index contributed by atoms with van der Waals surface area (Å²) in [5.74, 6) is 2.30. The molecule has 3 N–H and O–H groups in total. The van der Waals surface area contributed by atoms with Gasteiger partial charge in [0.15, 0.2) is 11.1 Å². The van der Waals surface area contributed by atoms with Crippen molar-refractivity contribution in [2.45, 2.75) is 18.1 Å². The zero-order valence-electron chi connectivity index (χ0n) is 12.9. The second-order valence-corrected chi connectivity index (χ2v) is 5.99. The maximum Gasteiger partial charge on any atom is 0.193 e. The van der Waals surface area contributed by atoms with E-state index in [1.54, 1.807) is 18.9 Å². The van der Waals surface area contributed by atoms with Gasteiger partial charge in [-0.2, -0.15) is 0 Å². The molecule has 0 saturated carbocycles. The maximum atomic E-state index is 5.90. The molecule has 124 valence electrons. The lowest BCUT2D eigenvalue weighted by Crippen LogP contribution is -2.23. The van der Waals surface area contributed by atoms with E-state index in [4.69, 9.17) is 10.5 Å². The van der Waals surface area contributed by atoms with Crippen molar-refractivity contribution in [3.8, 4) is 5.75 Å². The fraction of sp³-hybridized carbons (Fsp3) is 0.333. The molecule has 0 radical (unpaired) electrons. The van der Waals surface area contributed by atoms with Gasteiger partial charge in [0.25, 0.3) is 0 Å². The van der Waals surface area contributed by atoms with Gasteiger partial charge in [-0.15, -0.1) is 24.0 Å². The third-order valence-electron chi connectivity index (χ3n) is 3.35. The monoisotopic (exact) mass is 445 g/mol. The van der Waals surface area contributed by atoms with E-state index in [-0.39, 0.29) is 24.0 Å². The largest absolute Gasteiger partial charge is 0.497 e. The number of thioether (sulfide) groups is 1. The molecule has 8 heteroatoms. The molecule has 2 heterocycles. The predicted molar refractivity (Wildman–Crippen MR) is 105 cm³/mol. The van der Waals surface area contributed by atoms with Crippen LogP contribution in [0, 0.1) is 0 Å². The Bertz CT molecular complexity index is 667. The molecular weight excluding hydrogens is 425 g/mol. The van der Waals surface area contributed by atoms with E-state index in [2.05, 4.69) is 26.1 Å². The Morgan fingerprint density at radius 1 is 1.52 bits per heavy atom. The molecule has 1 aromatic heterocycles. The van der Waals surface area contributed by atoms with Gasteiger partial charge in [-0.25, -0.2) is 4.98 Å². The van der Waals surface area contributed by atoms with Gasteiger partial charge >= 0.3 is 0 Å². The van der Waals surface area contributed by atoms with Crippen LogP contribution in [0.15, 0.2) is 40.6 Å². The molecule has 23 heavy (non-hydrogen) atoms. The van der Waals surface area contributed by atoms with E-state index in [0.29, 0.717) is 12.5 Å². The molecule has 0 spiro atoms. The first kappa shape index (κ1) is 17.9. The summed E-state index contributed by atoms with van der Waals surface area (Å²) >= 11 is 1.80. The zero-order valence-corrected chi connectivity index (χ0v) is 16.0. The predicted octanol–water partition coefficient (Wildman–Crippen LogP) is 2.58. The molecule has 0 atom stereocenters. The van der Waals surface area contributed by atoms with Gasteiger partial charge in [0.1, 0.15) is 5.75 Å². The Morgan fingerprint density at radius 2 is 2.39 bits per heavy atom. The number of ether oxygens (including phenoxy) is 1. The molecule has 0 amide bonds. The first-order valence-corrected chi connectivity index (χ1v) is 8.13. The number of aliphatic imine (C=N–C) groups is 1. The number of hydrogen-bond acceptors (Lipinski definition) is 4. The van der Waals surface area contributed by atoms with Gasteiger partial charge < -0.3 is 20.4 Å². The number of methoxy groups -OCH3 is 1. The Balaban J connectivity index is 0.00000192. The number of benzene rings is 1. The average Bonchev–Trinajstić information content (AvgIpc) is 3.08.